The van der Waals surface area contributed by atoms with Gasteiger partial charge in [0.1, 0.15) is 0 Å². The Hall–Kier alpha value is -1.60. The molecule has 0 unspecified atom stereocenters. The fourth-order valence-electron chi connectivity index (χ4n) is 2.26. The Morgan fingerprint density at radius 2 is 2.10 bits per heavy atom. The molecule has 5 nitrogen and oxygen atoms in total. The molecule has 0 N–H and O–H groups in total. The van der Waals surface area contributed by atoms with E-state index >= 15 is 0 Å². The van der Waals surface area contributed by atoms with Gasteiger partial charge in [-0.05, 0) is 6.92 Å². The SMILES string of the molecule is Cc1ccc(-c2csc(N3CCSCC3)n2)cc1[N+](=O)[O-]. The largest absolute Gasteiger partial charge is 0.346 e. The first kappa shape index (κ1) is 14.3. The summed E-state index contributed by atoms with van der Waals surface area (Å²) in [5.74, 6) is 2.26. The van der Waals surface area contributed by atoms with Gasteiger partial charge in [-0.2, -0.15) is 11.8 Å². The van der Waals surface area contributed by atoms with Gasteiger partial charge >= 0.3 is 0 Å². The first-order chi connectivity index (χ1) is 10.1. The van der Waals surface area contributed by atoms with Crippen molar-refractivity contribution in [1.82, 2.24) is 4.98 Å². The third-order valence-electron chi connectivity index (χ3n) is 3.48. The molecule has 1 saturated heterocycles. The van der Waals surface area contributed by atoms with Gasteiger partial charge in [0.15, 0.2) is 5.13 Å². The van der Waals surface area contributed by atoms with Crippen LogP contribution in [0.3, 0.4) is 0 Å². The van der Waals surface area contributed by atoms with Crippen molar-refractivity contribution >= 4 is 33.9 Å². The molecule has 21 heavy (non-hydrogen) atoms. The van der Waals surface area contributed by atoms with E-state index in [4.69, 9.17) is 0 Å². The van der Waals surface area contributed by atoms with E-state index in [1.807, 2.05) is 23.2 Å². The Labute approximate surface area is 131 Å². The Kier molecular flexibility index (Phi) is 4.12. The Morgan fingerprint density at radius 3 is 2.81 bits per heavy atom. The van der Waals surface area contributed by atoms with Gasteiger partial charge in [0.25, 0.3) is 5.69 Å². The van der Waals surface area contributed by atoms with Crippen molar-refractivity contribution in [2.75, 3.05) is 29.5 Å². The van der Waals surface area contributed by atoms with Gasteiger partial charge in [0, 0.05) is 47.2 Å². The average Bonchev–Trinajstić information content (AvgIpc) is 2.98. The summed E-state index contributed by atoms with van der Waals surface area (Å²) in [5, 5.41) is 14.0. The fraction of sp³-hybridized carbons (Fsp3) is 0.357. The zero-order valence-electron chi connectivity index (χ0n) is 11.6. The van der Waals surface area contributed by atoms with Gasteiger partial charge in [-0.15, -0.1) is 11.3 Å². The second-order valence-electron chi connectivity index (χ2n) is 4.87. The van der Waals surface area contributed by atoms with Crippen LogP contribution in [0.2, 0.25) is 0 Å². The van der Waals surface area contributed by atoms with Crippen LogP contribution in [0.1, 0.15) is 5.56 Å². The maximum absolute atomic E-state index is 11.0. The highest BCUT2D eigenvalue weighted by atomic mass is 32.2. The molecule has 0 saturated carbocycles. The molecule has 1 fully saturated rings. The molecule has 0 bridgehead atoms. The van der Waals surface area contributed by atoms with E-state index in [9.17, 15) is 10.1 Å². The number of thioether (sulfide) groups is 1. The van der Waals surface area contributed by atoms with E-state index in [0.717, 1.165) is 41.0 Å². The minimum Gasteiger partial charge on any atom is -0.346 e. The van der Waals surface area contributed by atoms with E-state index in [2.05, 4.69) is 9.88 Å². The molecule has 0 aliphatic carbocycles. The van der Waals surface area contributed by atoms with Crippen LogP contribution in [-0.4, -0.2) is 34.5 Å². The second-order valence-corrected chi connectivity index (χ2v) is 6.93. The lowest BCUT2D eigenvalue weighted by Gasteiger charge is -2.25. The van der Waals surface area contributed by atoms with Gasteiger partial charge in [0.2, 0.25) is 0 Å². The zero-order valence-corrected chi connectivity index (χ0v) is 13.2. The first-order valence-electron chi connectivity index (χ1n) is 6.69. The number of aromatic nitrogens is 1. The molecule has 1 aliphatic heterocycles. The maximum Gasteiger partial charge on any atom is 0.272 e. The van der Waals surface area contributed by atoms with Gasteiger partial charge in [-0.25, -0.2) is 4.98 Å². The summed E-state index contributed by atoms with van der Waals surface area (Å²) >= 11 is 3.57. The van der Waals surface area contributed by atoms with Gasteiger partial charge < -0.3 is 4.90 Å². The predicted octanol–water partition coefficient (Wildman–Crippen LogP) is 3.58. The first-order valence-corrected chi connectivity index (χ1v) is 8.72. The molecule has 110 valence electrons. The number of nitro benzene ring substituents is 1. The summed E-state index contributed by atoms with van der Waals surface area (Å²) in [6, 6.07) is 5.29. The lowest BCUT2D eigenvalue weighted by molar-refractivity contribution is -0.385. The lowest BCUT2D eigenvalue weighted by atomic mass is 10.1. The van der Waals surface area contributed by atoms with Crippen molar-refractivity contribution in [2.45, 2.75) is 6.92 Å². The Bertz CT molecular complexity index is 666. The highest BCUT2D eigenvalue weighted by Gasteiger charge is 2.17. The molecular formula is C14H15N3O2S2. The molecule has 1 aliphatic rings. The normalized spacial score (nSPS) is 15.2. The van der Waals surface area contributed by atoms with Gasteiger partial charge in [0.05, 0.1) is 10.6 Å². The molecule has 0 radical (unpaired) electrons. The van der Waals surface area contributed by atoms with Crippen LogP contribution in [0, 0.1) is 17.0 Å². The summed E-state index contributed by atoms with van der Waals surface area (Å²) in [5.41, 5.74) is 2.45. The molecule has 0 amide bonds. The maximum atomic E-state index is 11.0. The van der Waals surface area contributed by atoms with Crippen molar-refractivity contribution in [3.8, 4) is 11.3 Å². The van der Waals surface area contributed by atoms with E-state index in [1.54, 1.807) is 30.4 Å². The van der Waals surface area contributed by atoms with E-state index in [1.165, 1.54) is 0 Å². The van der Waals surface area contributed by atoms with E-state index < -0.39 is 0 Å². The molecule has 7 heteroatoms. The topological polar surface area (TPSA) is 59.3 Å². The van der Waals surface area contributed by atoms with Crippen LogP contribution in [-0.2, 0) is 0 Å². The minimum atomic E-state index is -0.339. The number of nitro groups is 1. The Balaban J connectivity index is 1.89. The average molecular weight is 321 g/mol. The molecule has 2 heterocycles. The van der Waals surface area contributed by atoms with Crippen molar-refractivity contribution in [3.05, 3.63) is 39.3 Å². The van der Waals surface area contributed by atoms with Crippen molar-refractivity contribution in [3.63, 3.8) is 0 Å². The summed E-state index contributed by atoms with van der Waals surface area (Å²) in [6.07, 6.45) is 0. The Morgan fingerprint density at radius 1 is 1.33 bits per heavy atom. The molecule has 0 spiro atoms. The third-order valence-corrected chi connectivity index (χ3v) is 5.32. The zero-order chi connectivity index (χ0) is 14.8. The molecule has 3 rings (SSSR count). The van der Waals surface area contributed by atoms with Crippen LogP contribution in [0.15, 0.2) is 23.6 Å². The molecule has 1 aromatic heterocycles. The van der Waals surface area contributed by atoms with Crippen LogP contribution < -0.4 is 4.90 Å². The summed E-state index contributed by atoms with van der Waals surface area (Å²) in [4.78, 5) is 17.6. The van der Waals surface area contributed by atoms with Gasteiger partial charge in [-0.1, -0.05) is 12.1 Å². The van der Waals surface area contributed by atoms with Gasteiger partial charge in [-0.3, -0.25) is 10.1 Å². The fourth-order valence-corrected chi connectivity index (χ4v) is 4.05. The van der Waals surface area contributed by atoms with Crippen LogP contribution in [0.25, 0.3) is 11.3 Å². The summed E-state index contributed by atoms with van der Waals surface area (Å²) in [7, 11) is 0. The number of aryl methyl sites for hydroxylation is 1. The molecule has 0 atom stereocenters. The number of thiazole rings is 1. The van der Waals surface area contributed by atoms with Crippen molar-refractivity contribution in [2.24, 2.45) is 0 Å². The van der Waals surface area contributed by atoms with Crippen LogP contribution >= 0.6 is 23.1 Å². The smallest absolute Gasteiger partial charge is 0.272 e. The third kappa shape index (κ3) is 3.03. The second kappa shape index (κ2) is 6.03. The number of rotatable bonds is 3. The minimum absolute atomic E-state index is 0.149. The molecule has 1 aromatic carbocycles. The standard InChI is InChI=1S/C14H15N3O2S2/c1-10-2-3-11(8-13(10)17(18)19)12-9-21-14(15-12)16-4-6-20-7-5-16/h2-3,8-9H,4-7H2,1H3. The van der Waals surface area contributed by atoms with Crippen molar-refractivity contribution < 1.29 is 4.92 Å². The summed E-state index contributed by atoms with van der Waals surface area (Å²) < 4.78 is 0. The van der Waals surface area contributed by atoms with Crippen LogP contribution in [0.5, 0.6) is 0 Å². The van der Waals surface area contributed by atoms with E-state index in [-0.39, 0.29) is 10.6 Å². The highest BCUT2D eigenvalue weighted by molar-refractivity contribution is 7.99. The lowest BCUT2D eigenvalue weighted by Crippen LogP contribution is -2.32. The number of hydrogen-bond donors (Lipinski definition) is 0. The highest BCUT2D eigenvalue weighted by Crippen LogP contribution is 2.31. The quantitative estimate of drug-likeness (QED) is 0.639. The summed E-state index contributed by atoms with van der Waals surface area (Å²) in [6.45, 7) is 3.79. The molecule has 2 aromatic rings. The number of anilines is 1. The van der Waals surface area contributed by atoms with Crippen LogP contribution in [0.4, 0.5) is 10.8 Å². The van der Waals surface area contributed by atoms with E-state index in [0.29, 0.717) is 5.56 Å². The monoisotopic (exact) mass is 321 g/mol. The predicted molar refractivity (Wildman–Crippen MR) is 88.5 cm³/mol. The number of nitrogens with zero attached hydrogens (tertiary/aromatic N) is 3. The number of hydrogen-bond acceptors (Lipinski definition) is 6. The van der Waals surface area contributed by atoms with Crippen molar-refractivity contribution in [1.29, 1.82) is 0 Å². The molecular weight excluding hydrogens is 306 g/mol. The number of benzene rings is 1.